The highest BCUT2D eigenvalue weighted by molar-refractivity contribution is 5.98. The number of carbonyl (C=O) groups is 1. The minimum absolute atomic E-state index is 0.0214. The van der Waals surface area contributed by atoms with Gasteiger partial charge in [-0.15, -0.1) is 0 Å². The van der Waals surface area contributed by atoms with Crippen molar-refractivity contribution in [3.05, 3.63) is 64.7 Å². The Morgan fingerprint density at radius 3 is 3.00 bits per heavy atom. The van der Waals surface area contributed by atoms with Crippen molar-refractivity contribution in [1.82, 2.24) is 10.3 Å². The third-order valence-electron chi connectivity index (χ3n) is 4.77. The molecule has 2 aromatic heterocycles. The maximum Gasteiger partial charge on any atom is 0.253 e. The smallest absolute Gasteiger partial charge is 0.253 e. The fourth-order valence-corrected chi connectivity index (χ4v) is 3.48. The molecule has 1 aliphatic rings. The summed E-state index contributed by atoms with van der Waals surface area (Å²) in [5.74, 6) is 0.928. The van der Waals surface area contributed by atoms with Crippen LogP contribution in [0.4, 0.5) is 0 Å². The maximum absolute atomic E-state index is 12.8. The third-order valence-corrected chi connectivity index (χ3v) is 4.77. The average molecular weight is 320 g/mol. The molecule has 1 aromatic carbocycles. The second-order valence-electron chi connectivity index (χ2n) is 6.53. The molecule has 1 aliphatic carbocycles. The zero-order valence-corrected chi connectivity index (χ0v) is 13.9. The maximum atomic E-state index is 12.8. The molecule has 0 saturated carbocycles. The Morgan fingerprint density at radius 1 is 1.25 bits per heavy atom. The van der Waals surface area contributed by atoms with Crippen molar-refractivity contribution in [2.75, 3.05) is 0 Å². The van der Waals surface area contributed by atoms with Gasteiger partial charge in [0.2, 0.25) is 0 Å². The number of hydrogen-bond donors (Lipinski definition) is 1. The number of hydrogen-bond acceptors (Lipinski definition) is 3. The number of aromatic nitrogens is 1. The van der Waals surface area contributed by atoms with Gasteiger partial charge >= 0.3 is 0 Å². The number of nitrogens with one attached hydrogen (secondary N) is 1. The van der Waals surface area contributed by atoms with Crippen LogP contribution in [0, 0.1) is 13.8 Å². The topological polar surface area (TPSA) is 55.1 Å². The van der Waals surface area contributed by atoms with E-state index in [1.807, 2.05) is 44.2 Å². The van der Waals surface area contributed by atoms with E-state index in [2.05, 4.69) is 10.3 Å². The van der Waals surface area contributed by atoms with E-state index in [1.54, 1.807) is 6.26 Å². The monoisotopic (exact) mass is 320 g/mol. The van der Waals surface area contributed by atoms with Crippen LogP contribution in [0.3, 0.4) is 0 Å². The second kappa shape index (κ2) is 5.78. The Labute approximate surface area is 140 Å². The van der Waals surface area contributed by atoms with E-state index in [9.17, 15) is 4.79 Å². The van der Waals surface area contributed by atoms with Crippen LogP contribution >= 0.6 is 0 Å². The quantitative estimate of drug-likeness (QED) is 0.768. The van der Waals surface area contributed by atoms with E-state index >= 15 is 0 Å². The number of pyridine rings is 1. The number of amides is 1. The molecular formula is C20H20N2O2. The molecule has 1 N–H and O–H groups in total. The first-order valence-electron chi connectivity index (χ1n) is 8.37. The summed E-state index contributed by atoms with van der Waals surface area (Å²) in [6, 6.07) is 10.0. The van der Waals surface area contributed by atoms with Crippen molar-refractivity contribution in [3.63, 3.8) is 0 Å². The lowest BCUT2D eigenvalue weighted by Crippen LogP contribution is -2.31. The van der Waals surface area contributed by atoms with E-state index in [0.717, 1.165) is 47.2 Å². The molecule has 4 heteroatoms. The van der Waals surface area contributed by atoms with Crippen LogP contribution in [-0.4, -0.2) is 10.9 Å². The van der Waals surface area contributed by atoms with Crippen LogP contribution in [0.25, 0.3) is 10.9 Å². The first kappa shape index (κ1) is 14.9. The predicted octanol–water partition coefficient (Wildman–Crippen LogP) is 4.25. The van der Waals surface area contributed by atoms with E-state index < -0.39 is 0 Å². The van der Waals surface area contributed by atoms with Gasteiger partial charge in [0.05, 0.1) is 29.1 Å². The van der Waals surface area contributed by atoms with Crippen molar-refractivity contribution in [3.8, 4) is 0 Å². The molecule has 1 atom stereocenters. The first-order chi connectivity index (χ1) is 11.6. The molecule has 0 radical (unpaired) electrons. The number of rotatable bonds is 2. The summed E-state index contributed by atoms with van der Waals surface area (Å²) in [5.41, 5.74) is 4.60. The van der Waals surface area contributed by atoms with Gasteiger partial charge in [-0.3, -0.25) is 9.78 Å². The van der Waals surface area contributed by atoms with Crippen molar-refractivity contribution in [1.29, 1.82) is 0 Å². The van der Waals surface area contributed by atoms with Gasteiger partial charge in [0.1, 0.15) is 5.76 Å². The van der Waals surface area contributed by atoms with Crippen LogP contribution in [0.5, 0.6) is 0 Å². The molecule has 3 aromatic rings. The lowest BCUT2D eigenvalue weighted by molar-refractivity contribution is 0.0931. The highest BCUT2D eigenvalue weighted by Crippen LogP contribution is 2.31. The van der Waals surface area contributed by atoms with E-state index in [-0.39, 0.29) is 11.9 Å². The average Bonchev–Trinajstić information content (AvgIpc) is 3.03. The number of carbonyl (C=O) groups excluding carboxylic acids is 1. The van der Waals surface area contributed by atoms with Crippen molar-refractivity contribution in [2.45, 2.75) is 39.2 Å². The molecule has 1 unspecified atom stereocenters. The normalized spacial score (nSPS) is 16.8. The van der Waals surface area contributed by atoms with Crippen LogP contribution in [0.2, 0.25) is 0 Å². The summed E-state index contributed by atoms with van der Waals surface area (Å²) >= 11 is 0. The molecular weight excluding hydrogens is 300 g/mol. The molecule has 0 spiro atoms. The molecule has 1 amide bonds. The fourth-order valence-electron chi connectivity index (χ4n) is 3.48. The molecule has 0 fully saturated rings. The van der Waals surface area contributed by atoms with Gasteiger partial charge in [-0.05, 0) is 50.5 Å². The number of benzene rings is 1. The van der Waals surface area contributed by atoms with E-state index in [4.69, 9.17) is 4.42 Å². The molecule has 0 bridgehead atoms. The van der Waals surface area contributed by atoms with Crippen LogP contribution in [0.15, 0.2) is 41.0 Å². The van der Waals surface area contributed by atoms with Crippen molar-refractivity contribution >= 4 is 16.8 Å². The van der Waals surface area contributed by atoms with E-state index in [0.29, 0.717) is 5.56 Å². The third kappa shape index (κ3) is 2.58. The van der Waals surface area contributed by atoms with Gasteiger partial charge in [0.25, 0.3) is 5.91 Å². The minimum Gasteiger partial charge on any atom is -0.469 e. The Balaban J connectivity index is 1.65. The molecule has 24 heavy (non-hydrogen) atoms. The number of furan rings is 1. The predicted molar refractivity (Wildman–Crippen MR) is 93.1 cm³/mol. The highest BCUT2D eigenvalue weighted by atomic mass is 16.3. The van der Waals surface area contributed by atoms with Crippen LogP contribution in [-0.2, 0) is 6.42 Å². The fraction of sp³-hybridized carbons (Fsp3) is 0.300. The van der Waals surface area contributed by atoms with Crippen LogP contribution in [0.1, 0.15) is 51.8 Å². The summed E-state index contributed by atoms with van der Waals surface area (Å²) in [7, 11) is 0. The molecule has 2 heterocycles. The van der Waals surface area contributed by atoms with Gasteiger partial charge in [-0.25, -0.2) is 0 Å². The standard InChI is InChI=1S/C20H20N2O2/c1-12-6-7-14-11-16(13(2)21-18(14)10-12)20(23)22-17-4-3-5-19-15(17)8-9-24-19/h6-11,17H,3-5H2,1-2H3,(H,22,23). The number of fused-ring (bicyclic) bond motifs is 2. The zero-order chi connectivity index (χ0) is 16.7. The Hall–Kier alpha value is -2.62. The molecule has 4 rings (SSSR count). The Morgan fingerprint density at radius 2 is 2.12 bits per heavy atom. The second-order valence-corrected chi connectivity index (χ2v) is 6.53. The lowest BCUT2D eigenvalue weighted by Gasteiger charge is -2.23. The highest BCUT2D eigenvalue weighted by Gasteiger charge is 2.25. The zero-order valence-electron chi connectivity index (χ0n) is 13.9. The minimum atomic E-state index is -0.0680. The summed E-state index contributed by atoms with van der Waals surface area (Å²) in [6.07, 6.45) is 4.63. The first-order valence-corrected chi connectivity index (χ1v) is 8.37. The molecule has 4 nitrogen and oxygen atoms in total. The van der Waals surface area contributed by atoms with Gasteiger partial charge in [-0.2, -0.15) is 0 Å². The SMILES string of the molecule is Cc1ccc2cc(C(=O)NC3CCCc4occc43)c(C)nc2c1. The summed E-state index contributed by atoms with van der Waals surface area (Å²) in [4.78, 5) is 17.4. The number of nitrogens with zero attached hydrogens (tertiary/aromatic N) is 1. The van der Waals surface area contributed by atoms with Gasteiger partial charge < -0.3 is 9.73 Å². The summed E-state index contributed by atoms with van der Waals surface area (Å²) in [5, 5.41) is 4.15. The van der Waals surface area contributed by atoms with Crippen LogP contribution < -0.4 is 5.32 Å². The largest absolute Gasteiger partial charge is 0.469 e. The van der Waals surface area contributed by atoms with Gasteiger partial charge in [0.15, 0.2) is 0 Å². The lowest BCUT2D eigenvalue weighted by atomic mass is 9.93. The van der Waals surface area contributed by atoms with E-state index in [1.165, 1.54) is 5.56 Å². The number of aryl methyl sites for hydroxylation is 3. The summed E-state index contributed by atoms with van der Waals surface area (Å²) < 4.78 is 5.50. The Bertz CT molecular complexity index is 927. The molecule has 0 saturated heterocycles. The Kier molecular flexibility index (Phi) is 3.60. The van der Waals surface area contributed by atoms with Crippen molar-refractivity contribution in [2.24, 2.45) is 0 Å². The van der Waals surface area contributed by atoms with Crippen molar-refractivity contribution < 1.29 is 9.21 Å². The van der Waals surface area contributed by atoms with Gasteiger partial charge in [0, 0.05) is 17.4 Å². The molecule has 0 aliphatic heterocycles. The summed E-state index contributed by atoms with van der Waals surface area (Å²) in [6.45, 7) is 3.93. The van der Waals surface area contributed by atoms with Gasteiger partial charge in [-0.1, -0.05) is 12.1 Å². The molecule has 122 valence electrons.